The maximum absolute atomic E-state index is 10.6. The van der Waals surface area contributed by atoms with E-state index in [1.54, 1.807) is 0 Å². The van der Waals surface area contributed by atoms with Crippen LogP contribution in [0.1, 0.15) is 35.8 Å². The first-order valence-corrected chi connectivity index (χ1v) is 10.3. The normalized spacial score (nSPS) is 15.6. The number of fused-ring (bicyclic) bond motifs is 1. The van der Waals surface area contributed by atoms with Crippen molar-refractivity contribution in [3.63, 3.8) is 0 Å². The van der Waals surface area contributed by atoms with Crippen molar-refractivity contribution in [1.29, 1.82) is 0 Å². The van der Waals surface area contributed by atoms with Crippen molar-refractivity contribution in [1.82, 2.24) is 24.9 Å². The number of nitrogens with zero attached hydrogens (tertiary/aromatic N) is 4. The molecule has 3 N–H and O–H groups in total. The number of hydrogen-bond donors (Lipinski definition) is 3. The van der Waals surface area contributed by atoms with Crippen molar-refractivity contribution in [2.75, 3.05) is 13.1 Å². The van der Waals surface area contributed by atoms with Gasteiger partial charge in [0.1, 0.15) is 5.69 Å². The minimum absolute atomic E-state index is 0.0531. The number of aliphatic hydroxyl groups excluding tert-OH is 1. The Bertz CT molecular complexity index is 1070. The van der Waals surface area contributed by atoms with Crippen LogP contribution >= 0.6 is 11.6 Å². The molecule has 1 saturated heterocycles. The van der Waals surface area contributed by atoms with Gasteiger partial charge in [-0.1, -0.05) is 16.8 Å². The number of halogens is 4. The molecule has 0 atom stereocenters. The zero-order valence-electron chi connectivity index (χ0n) is 17.2. The summed E-state index contributed by atoms with van der Waals surface area (Å²) in [7, 11) is 0. The molecule has 1 aromatic carbocycles. The fraction of sp³-hybridized carbons (Fsp3) is 0.450. The minimum atomic E-state index is -5.08. The minimum Gasteiger partial charge on any atom is -0.475 e. The first-order valence-electron chi connectivity index (χ1n) is 9.89. The van der Waals surface area contributed by atoms with E-state index in [0.717, 1.165) is 43.0 Å². The van der Waals surface area contributed by atoms with Crippen molar-refractivity contribution in [2.45, 2.75) is 45.1 Å². The average Bonchev–Trinajstić information content (AvgIpc) is 3.34. The third-order valence-electron chi connectivity index (χ3n) is 5.40. The maximum atomic E-state index is 10.6. The van der Waals surface area contributed by atoms with E-state index in [1.165, 1.54) is 16.6 Å². The summed E-state index contributed by atoms with van der Waals surface area (Å²) in [4.78, 5) is 14.9. The van der Waals surface area contributed by atoms with Crippen LogP contribution in [0.25, 0.3) is 10.9 Å². The molecule has 0 bridgehead atoms. The lowest BCUT2D eigenvalue weighted by Gasteiger charge is -2.31. The lowest BCUT2D eigenvalue weighted by molar-refractivity contribution is -0.192. The summed E-state index contributed by atoms with van der Waals surface area (Å²) < 4.78 is 33.6. The molecule has 2 aromatic heterocycles. The number of piperidine rings is 1. The number of nitrogens with one attached hydrogen (secondary N) is 1. The number of aliphatic hydroxyl groups is 1. The highest BCUT2D eigenvalue weighted by Crippen LogP contribution is 2.28. The van der Waals surface area contributed by atoms with Crippen LogP contribution in [0.2, 0.25) is 5.02 Å². The van der Waals surface area contributed by atoms with Gasteiger partial charge < -0.3 is 15.2 Å². The molecular weight excluding hydrogens is 451 g/mol. The molecule has 1 fully saturated rings. The first-order chi connectivity index (χ1) is 15.1. The Labute approximate surface area is 186 Å². The van der Waals surface area contributed by atoms with Crippen molar-refractivity contribution in [3.8, 4) is 0 Å². The summed E-state index contributed by atoms with van der Waals surface area (Å²) in [5, 5.41) is 26.3. The number of aromatic amines is 1. The van der Waals surface area contributed by atoms with E-state index in [2.05, 4.69) is 27.1 Å². The second kappa shape index (κ2) is 9.88. The highest BCUT2D eigenvalue weighted by Gasteiger charge is 2.38. The topological polar surface area (TPSA) is 107 Å². The Morgan fingerprint density at radius 2 is 1.97 bits per heavy atom. The summed E-state index contributed by atoms with van der Waals surface area (Å²) in [5.41, 5.74) is 4.32. The van der Waals surface area contributed by atoms with Crippen molar-refractivity contribution in [2.24, 2.45) is 0 Å². The zero-order valence-corrected chi connectivity index (χ0v) is 18.0. The number of carboxylic acid groups (broad SMARTS) is 1. The van der Waals surface area contributed by atoms with Crippen LogP contribution in [0.4, 0.5) is 13.2 Å². The number of likely N-dealkylation sites (tertiary alicyclic amines) is 1. The van der Waals surface area contributed by atoms with E-state index in [0.29, 0.717) is 11.7 Å². The van der Waals surface area contributed by atoms with Gasteiger partial charge >= 0.3 is 12.1 Å². The van der Waals surface area contributed by atoms with Gasteiger partial charge in [0.2, 0.25) is 0 Å². The van der Waals surface area contributed by atoms with Gasteiger partial charge in [0.05, 0.1) is 18.8 Å². The second-order valence-electron chi connectivity index (χ2n) is 7.58. The predicted molar refractivity (Wildman–Crippen MR) is 111 cm³/mol. The summed E-state index contributed by atoms with van der Waals surface area (Å²) in [5.74, 6) is -2.76. The number of alkyl halides is 3. The number of aliphatic carboxylic acids is 1. The molecule has 3 heterocycles. The van der Waals surface area contributed by atoms with Gasteiger partial charge in [0, 0.05) is 41.3 Å². The molecule has 12 heteroatoms. The SMILES string of the molecule is Cc1c(CN2CCC(n3cc(CO)nn3)CC2)[nH]c2ccc(Cl)cc12.O=C(O)C(F)(F)F. The van der Waals surface area contributed by atoms with Crippen molar-refractivity contribution < 1.29 is 28.2 Å². The zero-order chi connectivity index (χ0) is 23.5. The standard InChI is InChI=1S/C18H22ClN5O.C2HF3O2/c1-12-16-8-13(19)2-3-17(16)20-18(12)10-23-6-4-15(5-7-23)24-9-14(11-25)21-22-24;3-2(4,5)1(6)7/h2-3,8-9,15,20,25H,4-7,10-11H2,1H3;(H,6,7). The Kier molecular flexibility index (Phi) is 7.42. The summed E-state index contributed by atoms with van der Waals surface area (Å²) >= 11 is 6.12. The highest BCUT2D eigenvalue weighted by molar-refractivity contribution is 6.31. The molecule has 4 rings (SSSR count). The van der Waals surface area contributed by atoms with E-state index < -0.39 is 12.1 Å². The first kappa shape index (κ1) is 24.0. The molecule has 8 nitrogen and oxygen atoms in total. The van der Waals surface area contributed by atoms with Gasteiger partial charge in [-0.25, -0.2) is 9.48 Å². The average molecular weight is 474 g/mol. The molecule has 0 aliphatic carbocycles. The second-order valence-corrected chi connectivity index (χ2v) is 8.01. The molecule has 32 heavy (non-hydrogen) atoms. The number of carbonyl (C=O) groups is 1. The summed E-state index contributed by atoms with van der Waals surface area (Å²) in [6, 6.07) is 6.37. The van der Waals surface area contributed by atoms with Crippen LogP contribution < -0.4 is 0 Å². The molecule has 0 saturated carbocycles. The summed E-state index contributed by atoms with van der Waals surface area (Å²) in [6.07, 6.45) is -1.15. The fourth-order valence-corrected chi connectivity index (χ4v) is 3.81. The number of H-pyrrole nitrogens is 1. The van der Waals surface area contributed by atoms with E-state index >= 15 is 0 Å². The molecule has 174 valence electrons. The molecule has 0 amide bonds. The smallest absolute Gasteiger partial charge is 0.475 e. The number of aromatic nitrogens is 4. The van der Waals surface area contributed by atoms with Gasteiger partial charge in [0.25, 0.3) is 0 Å². The molecule has 0 radical (unpaired) electrons. The van der Waals surface area contributed by atoms with E-state index in [-0.39, 0.29) is 6.61 Å². The molecule has 0 spiro atoms. The quantitative estimate of drug-likeness (QED) is 0.533. The molecule has 1 aliphatic rings. The van der Waals surface area contributed by atoms with Gasteiger partial charge in [-0.15, -0.1) is 5.10 Å². The van der Waals surface area contributed by atoms with Gasteiger partial charge in [-0.3, -0.25) is 4.90 Å². The predicted octanol–water partition coefficient (Wildman–Crippen LogP) is 3.68. The highest BCUT2D eigenvalue weighted by atomic mass is 35.5. The number of hydrogen-bond acceptors (Lipinski definition) is 5. The number of benzene rings is 1. The monoisotopic (exact) mass is 473 g/mol. The van der Waals surface area contributed by atoms with Gasteiger partial charge in [-0.2, -0.15) is 13.2 Å². The van der Waals surface area contributed by atoms with Crippen molar-refractivity contribution in [3.05, 3.63) is 46.4 Å². The van der Waals surface area contributed by atoms with E-state index in [1.807, 2.05) is 29.1 Å². The van der Waals surface area contributed by atoms with Crippen LogP contribution in [0.3, 0.4) is 0 Å². The Balaban J connectivity index is 0.000000360. The maximum Gasteiger partial charge on any atom is 0.490 e. The van der Waals surface area contributed by atoms with Crippen molar-refractivity contribution >= 4 is 28.5 Å². The molecular formula is C20H23ClF3N5O3. The third kappa shape index (κ3) is 5.78. The van der Waals surface area contributed by atoms with E-state index in [9.17, 15) is 13.2 Å². The van der Waals surface area contributed by atoms with Crippen LogP contribution in [-0.4, -0.2) is 60.3 Å². The summed E-state index contributed by atoms with van der Waals surface area (Å²) in [6.45, 7) is 5.07. The van der Waals surface area contributed by atoms with Crippen LogP contribution in [0.15, 0.2) is 24.4 Å². The Hall–Kier alpha value is -2.63. The fourth-order valence-electron chi connectivity index (χ4n) is 3.64. The largest absolute Gasteiger partial charge is 0.490 e. The number of carboxylic acids is 1. The van der Waals surface area contributed by atoms with E-state index in [4.69, 9.17) is 26.6 Å². The van der Waals surface area contributed by atoms with Crippen LogP contribution in [0, 0.1) is 6.92 Å². The van der Waals surface area contributed by atoms with Crippen LogP contribution in [-0.2, 0) is 17.9 Å². The Morgan fingerprint density at radius 3 is 2.53 bits per heavy atom. The Morgan fingerprint density at radius 1 is 1.31 bits per heavy atom. The third-order valence-corrected chi connectivity index (χ3v) is 5.63. The molecule has 0 unspecified atom stereocenters. The van der Waals surface area contributed by atoms with Crippen LogP contribution in [0.5, 0.6) is 0 Å². The molecule has 1 aliphatic heterocycles. The number of rotatable bonds is 4. The van der Waals surface area contributed by atoms with Gasteiger partial charge in [-0.05, 0) is 43.5 Å². The lowest BCUT2D eigenvalue weighted by Crippen LogP contribution is -2.34. The number of aryl methyl sites for hydroxylation is 1. The molecule has 3 aromatic rings. The van der Waals surface area contributed by atoms with Gasteiger partial charge in [0.15, 0.2) is 0 Å². The lowest BCUT2D eigenvalue weighted by atomic mass is 10.0.